The molecule has 0 aromatic heterocycles. The number of carbonyl (C=O) groups is 2. The zero-order chi connectivity index (χ0) is 20.2. The Bertz CT molecular complexity index is 968. The van der Waals surface area contributed by atoms with Crippen LogP contribution in [0.5, 0.6) is 0 Å². The number of nitrogens with one attached hydrogen (secondary N) is 1. The van der Waals surface area contributed by atoms with E-state index in [1.807, 2.05) is 0 Å². The molecule has 0 fully saturated rings. The largest absolute Gasteiger partial charge is 0.462 e. The van der Waals surface area contributed by atoms with Gasteiger partial charge in [0.25, 0.3) is 5.91 Å². The highest BCUT2D eigenvalue weighted by Crippen LogP contribution is 2.20. The Morgan fingerprint density at radius 1 is 1.11 bits per heavy atom. The molecule has 1 amide bonds. The van der Waals surface area contributed by atoms with Crippen molar-refractivity contribution >= 4 is 27.6 Å². The molecular weight excluding hydrogens is 368 g/mol. The molecule has 0 saturated heterocycles. The van der Waals surface area contributed by atoms with Crippen LogP contribution in [0.15, 0.2) is 47.4 Å². The summed E-state index contributed by atoms with van der Waals surface area (Å²) in [7, 11) is -0.802. The number of esters is 1. The number of hydrogen-bond acceptors (Lipinski definition) is 5. The van der Waals surface area contributed by atoms with Gasteiger partial charge < -0.3 is 10.1 Å². The lowest BCUT2D eigenvalue weighted by Crippen LogP contribution is -2.23. The fraction of sp³-hybridized carbons (Fsp3) is 0.263. The summed E-state index contributed by atoms with van der Waals surface area (Å²) in [6.45, 7) is 3.68. The first-order chi connectivity index (χ1) is 12.7. The molecule has 0 radical (unpaired) electrons. The molecule has 0 aliphatic heterocycles. The number of rotatable bonds is 6. The predicted molar refractivity (Wildman–Crippen MR) is 102 cm³/mol. The predicted octanol–water partition coefficient (Wildman–Crippen LogP) is 2.67. The molecule has 0 unspecified atom stereocenters. The van der Waals surface area contributed by atoms with Crippen molar-refractivity contribution in [2.24, 2.45) is 0 Å². The van der Waals surface area contributed by atoms with Crippen LogP contribution in [0.2, 0.25) is 0 Å². The van der Waals surface area contributed by atoms with Crippen LogP contribution in [0.3, 0.4) is 0 Å². The topological polar surface area (TPSA) is 92.8 Å². The molecule has 0 atom stereocenters. The van der Waals surface area contributed by atoms with Crippen LogP contribution in [0.4, 0.5) is 5.69 Å². The van der Waals surface area contributed by atoms with Gasteiger partial charge in [-0.2, -0.15) is 0 Å². The van der Waals surface area contributed by atoms with Crippen LogP contribution >= 0.6 is 0 Å². The Hall–Kier alpha value is -2.71. The summed E-state index contributed by atoms with van der Waals surface area (Å²) in [6.07, 6.45) is 0. The van der Waals surface area contributed by atoms with Gasteiger partial charge in [-0.05, 0) is 49.7 Å². The van der Waals surface area contributed by atoms with Crippen molar-refractivity contribution in [1.82, 2.24) is 4.31 Å². The van der Waals surface area contributed by atoms with Crippen molar-refractivity contribution in [2.75, 3.05) is 26.0 Å². The molecule has 0 saturated carbocycles. The van der Waals surface area contributed by atoms with Crippen molar-refractivity contribution in [3.63, 3.8) is 0 Å². The molecule has 8 heteroatoms. The molecule has 27 heavy (non-hydrogen) atoms. The quantitative estimate of drug-likeness (QED) is 0.766. The number of ether oxygens (including phenoxy) is 1. The lowest BCUT2D eigenvalue weighted by atomic mass is 10.1. The normalized spacial score (nSPS) is 11.3. The van der Waals surface area contributed by atoms with Gasteiger partial charge in [-0.1, -0.05) is 12.1 Å². The van der Waals surface area contributed by atoms with Crippen LogP contribution < -0.4 is 5.32 Å². The Morgan fingerprint density at radius 2 is 1.81 bits per heavy atom. The van der Waals surface area contributed by atoms with Crippen molar-refractivity contribution in [1.29, 1.82) is 0 Å². The minimum Gasteiger partial charge on any atom is -0.462 e. The summed E-state index contributed by atoms with van der Waals surface area (Å²) in [5.41, 5.74) is 1.59. The maximum atomic E-state index is 12.7. The van der Waals surface area contributed by atoms with E-state index in [9.17, 15) is 18.0 Å². The minimum atomic E-state index is -3.65. The van der Waals surface area contributed by atoms with E-state index in [0.29, 0.717) is 16.8 Å². The van der Waals surface area contributed by atoms with Crippen molar-refractivity contribution < 1.29 is 22.7 Å². The molecule has 0 bridgehead atoms. The summed E-state index contributed by atoms with van der Waals surface area (Å²) < 4.78 is 30.6. The summed E-state index contributed by atoms with van der Waals surface area (Å²) >= 11 is 0. The monoisotopic (exact) mass is 390 g/mol. The standard InChI is InChI=1S/C19H22N2O5S/c1-5-26-19(23)14-7-6-8-15(11-14)20-18(22)17-12-16(10-9-13(17)2)27(24,25)21(3)4/h6-12H,5H2,1-4H3,(H,20,22). The highest BCUT2D eigenvalue weighted by Gasteiger charge is 2.20. The van der Waals surface area contributed by atoms with Gasteiger partial charge in [0.1, 0.15) is 0 Å². The molecule has 0 aliphatic rings. The number of anilines is 1. The van der Waals surface area contributed by atoms with Crippen LogP contribution in [0.1, 0.15) is 33.2 Å². The first kappa shape index (κ1) is 20.6. The second kappa shape index (κ2) is 8.32. The Balaban J connectivity index is 2.31. The lowest BCUT2D eigenvalue weighted by Gasteiger charge is -2.14. The average molecular weight is 390 g/mol. The number of sulfonamides is 1. The van der Waals surface area contributed by atoms with Crippen molar-refractivity contribution in [2.45, 2.75) is 18.7 Å². The average Bonchev–Trinajstić information content (AvgIpc) is 2.62. The van der Waals surface area contributed by atoms with Gasteiger partial charge in [-0.15, -0.1) is 0 Å². The van der Waals surface area contributed by atoms with E-state index < -0.39 is 21.9 Å². The van der Waals surface area contributed by atoms with Crippen LogP contribution in [-0.4, -0.2) is 45.3 Å². The van der Waals surface area contributed by atoms with E-state index in [0.717, 1.165) is 4.31 Å². The van der Waals surface area contributed by atoms with Crippen LogP contribution in [0, 0.1) is 6.92 Å². The first-order valence-electron chi connectivity index (χ1n) is 8.28. The molecule has 144 valence electrons. The number of aryl methyl sites for hydroxylation is 1. The number of benzene rings is 2. The molecular formula is C19H22N2O5S. The van der Waals surface area contributed by atoms with E-state index in [2.05, 4.69) is 5.32 Å². The number of nitrogens with zero attached hydrogens (tertiary/aromatic N) is 1. The van der Waals surface area contributed by atoms with E-state index in [-0.39, 0.29) is 17.1 Å². The van der Waals surface area contributed by atoms with Gasteiger partial charge in [0, 0.05) is 25.3 Å². The fourth-order valence-electron chi connectivity index (χ4n) is 2.35. The summed E-state index contributed by atoms with van der Waals surface area (Å²) in [4.78, 5) is 24.5. The lowest BCUT2D eigenvalue weighted by molar-refractivity contribution is 0.0526. The number of amides is 1. The number of hydrogen-bond donors (Lipinski definition) is 1. The third kappa shape index (κ3) is 4.72. The molecule has 2 aromatic rings. The van der Waals surface area contributed by atoms with E-state index in [1.165, 1.54) is 32.3 Å². The zero-order valence-corrected chi connectivity index (χ0v) is 16.5. The van der Waals surface area contributed by atoms with Gasteiger partial charge in [0.05, 0.1) is 17.1 Å². The van der Waals surface area contributed by atoms with Crippen LogP contribution in [0.25, 0.3) is 0 Å². The maximum Gasteiger partial charge on any atom is 0.338 e. The SMILES string of the molecule is CCOC(=O)c1cccc(NC(=O)c2cc(S(=O)(=O)N(C)C)ccc2C)c1. The second-order valence-corrected chi connectivity index (χ2v) is 8.17. The minimum absolute atomic E-state index is 0.0310. The van der Waals surface area contributed by atoms with Crippen molar-refractivity contribution in [3.8, 4) is 0 Å². The fourth-order valence-corrected chi connectivity index (χ4v) is 3.28. The van der Waals surface area contributed by atoms with Crippen LogP contribution in [-0.2, 0) is 14.8 Å². The van der Waals surface area contributed by atoms with E-state index in [4.69, 9.17) is 4.74 Å². The first-order valence-corrected chi connectivity index (χ1v) is 9.72. The van der Waals surface area contributed by atoms with Gasteiger partial charge in [0.15, 0.2) is 0 Å². The van der Waals surface area contributed by atoms with Gasteiger partial charge in [-0.3, -0.25) is 4.79 Å². The number of carbonyl (C=O) groups excluding carboxylic acids is 2. The summed E-state index contributed by atoms with van der Waals surface area (Å²) in [5.74, 6) is -0.951. The third-order valence-corrected chi connectivity index (χ3v) is 5.67. The van der Waals surface area contributed by atoms with Gasteiger partial charge in [0.2, 0.25) is 10.0 Å². The van der Waals surface area contributed by atoms with E-state index in [1.54, 1.807) is 38.1 Å². The Kier molecular flexibility index (Phi) is 6.35. The molecule has 7 nitrogen and oxygen atoms in total. The molecule has 0 aliphatic carbocycles. The Labute approximate surface area is 159 Å². The highest BCUT2D eigenvalue weighted by atomic mass is 32.2. The Morgan fingerprint density at radius 3 is 2.44 bits per heavy atom. The zero-order valence-electron chi connectivity index (χ0n) is 15.6. The summed E-state index contributed by atoms with van der Waals surface area (Å²) in [6, 6.07) is 10.7. The second-order valence-electron chi connectivity index (χ2n) is 6.02. The third-order valence-electron chi connectivity index (χ3n) is 3.86. The van der Waals surface area contributed by atoms with Gasteiger partial charge in [-0.25, -0.2) is 17.5 Å². The smallest absolute Gasteiger partial charge is 0.338 e. The summed E-state index contributed by atoms with van der Waals surface area (Å²) in [5, 5.41) is 2.69. The molecule has 0 heterocycles. The molecule has 2 aromatic carbocycles. The molecule has 2 rings (SSSR count). The van der Waals surface area contributed by atoms with E-state index >= 15 is 0 Å². The van der Waals surface area contributed by atoms with Crippen molar-refractivity contribution in [3.05, 3.63) is 59.2 Å². The van der Waals surface area contributed by atoms with Gasteiger partial charge >= 0.3 is 5.97 Å². The molecule has 0 spiro atoms. The highest BCUT2D eigenvalue weighted by molar-refractivity contribution is 7.89. The molecule has 1 N–H and O–H groups in total. The maximum absolute atomic E-state index is 12.7.